The van der Waals surface area contributed by atoms with Crippen molar-refractivity contribution in [2.24, 2.45) is 5.10 Å². The van der Waals surface area contributed by atoms with Crippen LogP contribution in [0.3, 0.4) is 0 Å². The Hall–Kier alpha value is -2.60. The lowest BCUT2D eigenvalue weighted by Gasteiger charge is -2.09. The van der Waals surface area contributed by atoms with Crippen LogP contribution in [0.15, 0.2) is 65.8 Å². The van der Waals surface area contributed by atoms with Crippen LogP contribution in [-0.2, 0) is 6.61 Å². The minimum Gasteiger partial charge on any atom is -0.489 e. The fourth-order valence-corrected chi connectivity index (χ4v) is 3.09. The van der Waals surface area contributed by atoms with Crippen molar-refractivity contribution in [1.82, 2.24) is 5.43 Å². The van der Waals surface area contributed by atoms with Gasteiger partial charge in [0.2, 0.25) is 0 Å². The van der Waals surface area contributed by atoms with Crippen LogP contribution in [0.5, 0.6) is 5.75 Å². The van der Waals surface area contributed by atoms with Gasteiger partial charge in [-0.1, -0.05) is 40.9 Å². The number of amides is 1. The molecule has 0 aliphatic rings. The Balaban J connectivity index is 1.56. The molecule has 0 unspecified atom stereocenters. The summed E-state index contributed by atoms with van der Waals surface area (Å²) in [6, 6.07) is 15.9. The van der Waals surface area contributed by atoms with Crippen molar-refractivity contribution in [3.8, 4) is 5.75 Å². The third-order valence-corrected chi connectivity index (χ3v) is 4.78. The Labute approximate surface area is 181 Å². The fraction of sp³-hybridized carbons (Fsp3) is 0.0476. The zero-order chi connectivity index (χ0) is 20.8. The summed E-state index contributed by atoms with van der Waals surface area (Å²) >= 11 is 17.8. The number of benzene rings is 3. The number of ether oxygens (including phenoxy) is 1. The predicted octanol–water partition coefficient (Wildman–Crippen LogP) is 6.13. The monoisotopic (exact) mass is 450 g/mol. The first-order chi connectivity index (χ1) is 13.9. The van der Waals surface area contributed by atoms with Crippen molar-refractivity contribution < 1.29 is 13.9 Å². The van der Waals surface area contributed by atoms with Crippen LogP contribution in [0.2, 0.25) is 15.1 Å². The number of nitrogens with zero attached hydrogens (tertiary/aromatic N) is 1. The van der Waals surface area contributed by atoms with Gasteiger partial charge in [-0.2, -0.15) is 5.10 Å². The van der Waals surface area contributed by atoms with E-state index in [0.29, 0.717) is 21.4 Å². The van der Waals surface area contributed by atoms with Gasteiger partial charge in [0.25, 0.3) is 5.91 Å². The summed E-state index contributed by atoms with van der Waals surface area (Å²) in [4.78, 5) is 12.1. The average Bonchev–Trinajstić information content (AvgIpc) is 2.68. The van der Waals surface area contributed by atoms with Gasteiger partial charge in [-0.05, 0) is 60.2 Å². The van der Waals surface area contributed by atoms with E-state index in [1.165, 1.54) is 30.5 Å². The molecule has 0 fully saturated rings. The minimum atomic E-state index is -0.454. The quantitative estimate of drug-likeness (QED) is 0.362. The summed E-state index contributed by atoms with van der Waals surface area (Å²) in [5.74, 6) is -0.333. The molecule has 0 bridgehead atoms. The van der Waals surface area contributed by atoms with Gasteiger partial charge in [0, 0.05) is 10.6 Å². The molecule has 0 saturated carbocycles. The van der Waals surface area contributed by atoms with E-state index in [9.17, 15) is 9.18 Å². The van der Waals surface area contributed by atoms with Gasteiger partial charge in [-0.3, -0.25) is 4.79 Å². The van der Waals surface area contributed by atoms with Gasteiger partial charge in [0.15, 0.2) is 0 Å². The van der Waals surface area contributed by atoms with E-state index in [1.54, 1.807) is 36.4 Å². The van der Waals surface area contributed by atoms with Gasteiger partial charge < -0.3 is 4.74 Å². The van der Waals surface area contributed by atoms with Gasteiger partial charge >= 0.3 is 0 Å². The summed E-state index contributed by atoms with van der Waals surface area (Å²) in [6.45, 7) is 0.0108. The zero-order valence-electron chi connectivity index (χ0n) is 14.8. The molecule has 3 aromatic rings. The fourth-order valence-electron chi connectivity index (χ4n) is 2.38. The molecule has 0 saturated heterocycles. The Bertz CT molecular complexity index is 1040. The summed E-state index contributed by atoms with van der Waals surface area (Å²) in [5, 5.41) is 4.89. The van der Waals surface area contributed by atoms with E-state index in [-0.39, 0.29) is 17.2 Å². The maximum Gasteiger partial charge on any atom is 0.272 e. The van der Waals surface area contributed by atoms with Crippen molar-refractivity contribution in [2.75, 3.05) is 0 Å². The molecule has 3 rings (SSSR count). The van der Waals surface area contributed by atoms with Crippen LogP contribution in [0.25, 0.3) is 0 Å². The van der Waals surface area contributed by atoms with Crippen molar-refractivity contribution >= 4 is 46.9 Å². The predicted molar refractivity (Wildman–Crippen MR) is 114 cm³/mol. The molecule has 1 N–H and O–H groups in total. The molecule has 1 amide bonds. The lowest BCUT2D eigenvalue weighted by molar-refractivity contribution is 0.0955. The molecular formula is C21H14Cl3FN2O2. The van der Waals surface area contributed by atoms with Crippen molar-refractivity contribution in [3.05, 3.63) is 98.2 Å². The van der Waals surface area contributed by atoms with Crippen LogP contribution in [0.4, 0.5) is 4.39 Å². The lowest BCUT2D eigenvalue weighted by Crippen LogP contribution is -2.18. The summed E-state index contributed by atoms with van der Waals surface area (Å²) in [7, 11) is 0. The Morgan fingerprint density at radius 2 is 1.79 bits per heavy atom. The van der Waals surface area contributed by atoms with Crippen LogP contribution >= 0.6 is 34.8 Å². The number of carbonyl (C=O) groups is 1. The highest BCUT2D eigenvalue weighted by Gasteiger charge is 2.10. The van der Waals surface area contributed by atoms with Gasteiger partial charge in [-0.25, -0.2) is 9.82 Å². The topological polar surface area (TPSA) is 50.7 Å². The molecule has 0 aliphatic carbocycles. The second-order valence-corrected chi connectivity index (χ2v) is 7.13. The normalized spacial score (nSPS) is 10.9. The molecular weight excluding hydrogens is 438 g/mol. The highest BCUT2D eigenvalue weighted by molar-refractivity contribution is 6.36. The maximum absolute atomic E-state index is 13.8. The molecule has 0 spiro atoms. The first kappa shape index (κ1) is 21.1. The second kappa shape index (κ2) is 9.74. The molecule has 0 heterocycles. The lowest BCUT2D eigenvalue weighted by atomic mass is 10.2. The van der Waals surface area contributed by atoms with Crippen LogP contribution < -0.4 is 10.2 Å². The van der Waals surface area contributed by atoms with Crippen LogP contribution in [0, 0.1) is 5.82 Å². The standard InChI is InChI=1S/C21H14Cl3FN2O2/c22-14-6-9-16(19(24)10-14)21(28)27-26-11-13-4-7-15(8-5-13)29-12-17-18(23)2-1-3-20(17)25/h1-11H,12H2,(H,27,28)/b26-11-. The van der Waals surface area contributed by atoms with Crippen molar-refractivity contribution in [1.29, 1.82) is 0 Å². The molecule has 4 nitrogen and oxygen atoms in total. The third-order valence-electron chi connectivity index (χ3n) is 3.88. The molecule has 0 atom stereocenters. The molecule has 0 aromatic heterocycles. The van der Waals surface area contributed by atoms with E-state index in [1.807, 2.05) is 0 Å². The van der Waals surface area contributed by atoms with E-state index < -0.39 is 11.7 Å². The SMILES string of the molecule is O=C(N/N=C\c1ccc(OCc2c(F)cccc2Cl)cc1)c1ccc(Cl)cc1Cl. The van der Waals surface area contributed by atoms with Gasteiger partial charge in [-0.15, -0.1) is 0 Å². The van der Waals surface area contributed by atoms with Crippen LogP contribution in [0.1, 0.15) is 21.5 Å². The number of carbonyl (C=O) groups excluding carboxylic acids is 1. The third kappa shape index (κ3) is 5.70. The highest BCUT2D eigenvalue weighted by atomic mass is 35.5. The number of nitrogens with one attached hydrogen (secondary N) is 1. The molecule has 0 radical (unpaired) electrons. The maximum atomic E-state index is 13.8. The summed E-state index contributed by atoms with van der Waals surface area (Å²) in [6.07, 6.45) is 1.47. The molecule has 0 aliphatic heterocycles. The number of hydrogen-bond donors (Lipinski definition) is 1. The van der Waals surface area contributed by atoms with E-state index in [4.69, 9.17) is 39.5 Å². The van der Waals surface area contributed by atoms with Crippen molar-refractivity contribution in [3.63, 3.8) is 0 Å². The number of halogens is 4. The highest BCUT2D eigenvalue weighted by Crippen LogP contribution is 2.22. The smallest absolute Gasteiger partial charge is 0.272 e. The van der Waals surface area contributed by atoms with E-state index >= 15 is 0 Å². The van der Waals surface area contributed by atoms with Gasteiger partial charge in [0.05, 0.1) is 21.8 Å². The summed E-state index contributed by atoms with van der Waals surface area (Å²) < 4.78 is 19.3. The number of hydrazone groups is 1. The van der Waals surface area contributed by atoms with Crippen molar-refractivity contribution in [2.45, 2.75) is 6.61 Å². The van der Waals surface area contributed by atoms with E-state index in [0.717, 1.165) is 5.56 Å². The largest absolute Gasteiger partial charge is 0.489 e. The molecule has 148 valence electrons. The molecule has 8 heteroatoms. The Morgan fingerprint density at radius 3 is 2.48 bits per heavy atom. The first-order valence-electron chi connectivity index (χ1n) is 8.38. The molecule has 3 aromatic carbocycles. The Morgan fingerprint density at radius 1 is 1.03 bits per heavy atom. The average molecular weight is 452 g/mol. The second-order valence-electron chi connectivity index (χ2n) is 5.88. The first-order valence-corrected chi connectivity index (χ1v) is 9.51. The number of hydrogen-bond acceptors (Lipinski definition) is 3. The zero-order valence-corrected chi connectivity index (χ0v) is 17.1. The van der Waals surface area contributed by atoms with Crippen LogP contribution in [-0.4, -0.2) is 12.1 Å². The number of rotatable bonds is 6. The molecule has 29 heavy (non-hydrogen) atoms. The van der Waals surface area contributed by atoms with Gasteiger partial charge in [0.1, 0.15) is 18.2 Å². The minimum absolute atomic E-state index is 0.0108. The summed E-state index contributed by atoms with van der Waals surface area (Å²) in [5.41, 5.74) is 3.68. The Kier molecular flexibility index (Phi) is 7.09. The van der Waals surface area contributed by atoms with E-state index in [2.05, 4.69) is 10.5 Å².